The first-order chi connectivity index (χ1) is 13.7. The summed E-state index contributed by atoms with van der Waals surface area (Å²) in [4.78, 5) is 17.1. The smallest absolute Gasteiger partial charge is 0.197 e. The lowest BCUT2D eigenvalue weighted by Crippen LogP contribution is -2.56. The number of alkyl halides is 1. The van der Waals surface area contributed by atoms with Crippen molar-refractivity contribution in [1.82, 2.24) is 10.2 Å². The van der Waals surface area contributed by atoms with Gasteiger partial charge in [0.2, 0.25) is 0 Å². The zero-order chi connectivity index (χ0) is 19.3. The number of benzene rings is 2. The van der Waals surface area contributed by atoms with Gasteiger partial charge >= 0.3 is 0 Å². The summed E-state index contributed by atoms with van der Waals surface area (Å²) in [6.07, 6.45) is 0.919. The largest absolute Gasteiger partial charge is 0.369 e. The Kier molecular flexibility index (Phi) is 6.03. The van der Waals surface area contributed by atoms with Crippen LogP contribution in [-0.2, 0) is 0 Å². The van der Waals surface area contributed by atoms with Gasteiger partial charge in [-0.05, 0) is 25.0 Å². The van der Waals surface area contributed by atoms with Crippen LogP contribution in [0.3, 0.4) is 0 Å². The number of para-hydroxylation sites is 1. The maximum absolute atomic E-state index is 14.9. The molecule has 2 atom stereocenters. The minimum absolute atomic E-state index is 0.0897. The molecule has 4 rings (SSSR count). The molecule has 2 unspecified atom stereocenters. The van der Waals surface area contributed by atoms with Crippen molar-refractivity contribution >= 4 is 11.5 Å². The molecule has 1 saturated heterocycles. The van der Waals surface area contributed by atoms with Crippen molar-refractivity contribution in [2.75, 3.05) is 31.1 Å². The first-order valence-corrected chi connectivity index (χ1v) is 10.2. The van der Waals surface area contributed by atoms with Gasteiger partial charge in [-0.25, -0.2) is 4.39 Å². The third-order valence-electron chi connectivity index (χ3n) is 5.65. The Morgan fingerprint density at radius 3 is 2.18 bits per heavy atom. The van der Waals surface area contributed by atoms with Gasteiger partial charge in [0.15, 0.2) is 12.0 Å². The number of Topliss-reactive ketones (excluding diaryl/α,β-unsaturated/α-hetero) is 1. The number of ketones is 1. The number of piperazine rings is 1. The van der Waals surface area contributed by atoms with Crippen LogP contribution < -0.4 is 10.2 Å². The summed E-state index contributed by atoms with van der Waals surface area (Å²) >= 11 is 0. The summed E-state index contributed by atoms with van der Waals surface area (Å²) in [5.74, 6) is -0.411. The van der Waals surface area contributed by atoms with Crippen molar-refractivity contribution in [3.8, 4) is 0 Å². The minimum atomic E-state index is -1.48. The van der Waals surface area contributed by atoms with Gasteiger partial charge < -0.3 is 4.90 Å². The summed E-state index contributed by atoms with van der Waals surface area (Å²) in [6, 6.07) is 19.7. The highest BCUT2D eigenvalue weighted by Crippen LogP contribution is 2.24. The zero-order valence-corrected chi connectivity index (χ0v) is 16.1. The molecule has 28 heavy (non-hydrogen) atoms. The predicted molar refractivity (Wildman–Crippen MR) is 110 cm³/mol. The maximum Gasteiger partial charge on any atom is 0.197 e. The molecule has 2 aliphatic rings. The first kappa shape index (κ1) is 19.1. The van der Waals surface area contributed by atoms with Crippen LogP contribution in [0.4, 0.5) is 10.1 Å². The van der Waals surface area contributed by atoms with Gasteiger partial charge in [-0.15, -0.1) is 0 Å². The second kappa shape index (κ2) is 8.84. The predicted octanol–water partition coefficient (Wildman–Crippen LogP) is 3.50. The van der Waals surface area contributed by atoms with E-state index >= 15 is 0 Å². The number of hydrogen-bond donors (Lipinski definition) is 1. The van der Waals surface area contributed by atoms with Crippen molar-refractivity contribution < 1.29 is 9.18 Å². The van der Waals surface area contributed by atoms with Crippen LogP contribution in [0.15, 0.2) is 60.7 Å². The molecule has 2 aromatic rings. The molecule has 1 aliphatic heterocycles. The van der Waals surface area contributed by atoms with E-state index in [1.807, 2.05) is 12.1 Å². The molecule has 0 radical (unpaired) electrons. The zero-order valence-electron chi connectivity index (χ0n) is 16.1. The monoisotopic (exact) mass is 381 g/mol. The number of nitrogens with zero attached hydrogens (tertiary/aromatic N) is 2. The molecule has 1 N–H and O–H groups in total. The van der Waals surface area contributed by atoms with Crippen molar-refractivity contribution in [3.05, 3.63) is 66.2 Å². The lowest BCUT2D eigenvalue weighted by atomic mass is 10.0. The van der Waals surface area contributed by atoms with E-state index in [4.69, 9.17) is 0 Å². The number of halogens is 1. The van der Waals surface area contributed by atoms with Gasteiger partial charge in [0.1, 0.15) is 0 Å². The Labute approximate surface area is 166 Å². The highest BCUT2D eigenvalue weighted by atomic mass is 19.1. The highest BCUT2D eigenvalue weighted by molar-refractivity contribution is 5.99. The first-order valence-electron chi connectivity index (χ1n) is 10.2. The molecule has 4 nitrogen and oxygen atoms in total. The average Bonchev–Trinajstić information content (AvgIpc) is 3.58. The Hall–Kier alpha value is -2.24. The highest BCUT2D eigenvalue weighted by Gasteiger charge is 2.33. The van der Waals surface area contributed by atoms with E-state index in [1.165, 1.54) is 5.69 Å². The summed E-state index contributed by atoms with van der Waals surface area (Å²) in [6.45, 7) is 3.56. The fourth-order valence-electron chi connectivity index (χ4n) is 3.86. The molecule has 2 aromatic carbocycles. The third kappa shape index (κ3) is 4.78. The second-order valence-electron chi connectivity index (χ2n) is 7.75. The van der Waals surface area contributed by atoms with Gasteiger partial charge in [-0.3, -0.25) is 15.0 Å². The minimum Gasteiger partial charge on any atom is -0.369 e. The molecule has 5 heteroatoms. The van der Waals surface area contributed by atoms with Crippen LogP contribution in [0.2, 0.25) is 0 Å². The number of carbonyl (C=O) groups is 1. The quantitative estimate of drug-likeness (QED) is 0.710. The van der Waals surface area contributed by atoms with E-state index in [1.54, 1.807) is 24.3 Å². The molecule has 2 fully saturated rings. The topological polar surface area (TPSA) is 35.6 Å². The van der Waals surface area contributed by atoms with E-state index in [2.05, 4.69) is 39.4 Å². The van der Waals surface area contributed by atoms with E-state index in [0.717, 1.165) is 39.0 Å². The number of nitrogens with one attached hydrogen (secondary N) is 1. The molecular formula is C23H28FN3O. The van der Waals surface area contributed by atoms with Crippen molar-refractivity contribution in [1.29, 1.82) is 0 Å². The van der Waals surface area contributed by atoms with Crippen LogP contribution >= 0.6 is 0 Å². The standard InChI is InChI=1S/C23H28FN3O/c24-21(23(28)18-7-3-1-4-8-18)17-22(25-19-11-12-19)27-15-13-26(14-16-27)20-9-5-2-6-10-20/h1-10,19,21-22,25H,11-17H2. The molecule has 1 heterocycles. The second-order valence-corrected chi connectivity index (χ2v) is 7.75. The van der Waals surface area contributed by atoms with Crippen LogP contribution in [0.1, 0.15) is 29.6 Å². The molecule has 0 spiro atoms. The number of anilines is 1. The van der Waals surface area contributed by atoms with Crippen LogP contribution in [-0.4, -0.2) is 55.2 Å². The van der Waals surface area contributed by atoms with Gasteiger partial charge in [0.25, 0.3) is 0 Å². The fraction of sp³-hybridized carbons (Fsp3) is 0.435. The van der Waals surface area contributed by atoms with E-state index in [-0.39, 0.29) is 12.6 Å². The summed E-state index contributed by atoms with van der Waals surface area (Å²) in [5.41, 5.74) is 1.69. The maximum atomic E-state index is 14.9. The molecule has 0 aromatic heterocycles. The number of carbonyl (C=O) groups excluding carboxylic acids is 1. The summed E-state index contributed by atoms with van der Waals surface area (Å²) in [5, 5.41) is 3.57. The van der Waals surface area contributed by atoms with Crippen molar-refractivity contribution in [3.63, 3.8) is 0 Å². The molecular weight excluding hydrogens is 353 g/mol. The van der Waals surface area contributed by atoms with Gasteiger partial charge in [-0.2, -0.15) is 0 Å². The van der Waals surface area contributed by atoms with Gasteiger partial charge in [-0.1, -0.05) is 48.5 Å². The lowest BCUT2D eigenvalue weighted by Gasteiger charge is -2.41. The molecule has 1 saturated carbocycles. The Morgan fingerprint density at radius 1 is 0.964 bits per heavy atom. The Morgan fingerprint density at radius 2 is 1.57 bits per heavy atom. The van der Waals surface area contributed by atoms with Gasteiger partial charge in [0.05, 0.1) is 6.17 Å². The number of hydrogen-bond acceptors (Lipinski definition) is 4. The summed E-state index contributed by atoms with van der Waals surface area (Å²) in [7, 11) is 0. The SMILES string of the molecule is O=C(c1ccccc1)C(F)CC(NC1CC1)N1CCN(c2ccccc2)CC1. The molecule has 148 valence electrons. The average molecular weight is 381 g/mol. The Bertz CT molecular complexity index is 758. The van der Waals surface area contributed by atoms with E-state index in [0.29, 0.717) is 11.6 Å². The third-order valence-corrected chi connectivity index (χ3v) is 5.65. The van der Waals surface area contributed by atoms with Crippen LogP contribution in [0, 0.1) is 0 Å². The van der Waals surface area contributed by atoms with Crippen LogP contribution in [0.25, 0.3) is 0 Å². The molecule has 1 aliphatic carbocycles. The Balaban J connectivity index is 1.37. The van der Waals surface area contributed by atoms with Crippen molar-refractivity contribution in [2.24, 2.45) is 0 Å². The van der Waals surface area contributed by atoms with Crippen LogP contribution in [0.5, 0.6) is 0 Å². The lowest BCUT2D eigenvalue weighted by molar-refractivity contribution is 0.0764. The molecule has 0 bridgehead atoms. The summed E-state index contributed by atoms with van der Waals surface area (Å²) < 4.78 is 14.9. The molecule has 0 amide bonds. The normalized spacial score (nSPS) is 20.0. The van der Waals surface area contributed by atoms with Crippen molar-refractivity contribution in [2.45, 2.75) is 37.6 Å². The van der Waals surface area contributed by atoms with E-state index in [9.17, 15) is 9.18 Å². The van der Waals surface area contributed by atoms with Gasteiger partial charge in [0, 0.05) is 49.9 Å². The fourth-order valence-corrected chi connectivity index (χ4v) is 3.86. The number of rotatable bonds is 8. The van der Waals surface area contributed by atoms with E-state index < -0.39 is 12.0 Å².